The Labute approximate surface area is 131 Å². The Kier molecular flexibility index (Phi) is 6.30. The lowest BCUT2D eigenvalue weighted by Crippen LogP contribution is -2.51. The first-order chi connectivity index (χ1) is 9.60. The number of piperazine rings is 1. The van der Waals surface area contributed by atoms with E-state index >= 15 is 0 Å². The number of nitrogens with one attached hydrogen (secondary N) is 1. The zero-order valence-electron chi connectivity index (χ0n) is 12.7. The van der Waals surface area contributed by atoms with E-state index in [1.165, 1.54) is 11.4 Å². The summed E-state index contributed by atoms with van der Waals surface area (Å²) in [5.41, 5.74) is 0. The Balaban J connectivity index is 2.02. The smallest absolute Gasteiger partial charge is 0.0931 e. The van der Waals surface area contributed by atoms with Crippen LogP contribution in [0.25, 0.3) is 0 Å². The molecule has 2 rings (SSSR count). The SMILES string of the molecule is CCCNC(CC1CN(C)CCN1C)c1ccc(Cl)s1. The van der Waals surface area contributed by atoms with E-state index in [0.717, 1.165) is 36.8 Å². The molecule has 3 nitrogen and oxygen atoms in total. The molecule has 1 fully saturated rings. The average molecular weight is 316 g/mol. The van der Waals surface area contributed by atoms with Crippen LogP contribution < -0.4 is 5.32 Å². The summed E-state index contributed by atoms with van der Waals surface area (Å²) in [6.45, 7) is 6.76. The molecule has 1 aliphatic rings. The van der Waals surface area contributed by atoms with E-state index in [-0.39, 0.29) is 0 Å². The minimum atomic E-state index is 0.423. The molecule has 0 radical (unpaired) electrons. The van der Waals surface area contributed by atoms with E-state index in [2.05, 4.69) is 42.2 Å². The Bertz CT molecular complexity index is 410. The number of halogens is 1. The molecule has 0 bridgehead atoms. The Morgan fingerprint density at radius 3 is 2.85 bits per heavy atom. The van der Waals surface area contributed by atoms with Crippen molar-refractivity contribution >= 4 is 22.9 Å². The van der Waals surface area contributed by atoms with Gasteiger partial charge in [0.15, 0.2) is 0 Å². The lowest BCUT2D eigenvalue weighted by Gasteiger charge is -2.39. The fraction of sp³-hybridized carbons (Fsp3) is 0.733. The van der Waals surface area contributed by atoms with Crippen molar-refractivity contribution in [3.63, 3.8) is 0 Å². The van der Waals surface area contributed by atoms with Crippen LogP contribution in [-0.2, 0) is 0 Å². The zero-order chi connectivity index (χ0) is 14.5. The summed E-state index contributed by atoms with van der Waals surface area (Å²) in [6, 6.07) is 5.22. The van der Waals surface area contributed by atoms with Crippen molar-refractivity contribution in [1.82, 2.24) is 15.1 Å². The lowest BCUT2D eigenvalue weighted by atomic mass is 10.0. The summed E-state index contributed by atoms with van der Waals surface area (Å²) in [4.78, 5) is 6.30. The van der Waals surface area contributed by atoms with Gasteiger partial charge in [-0.1, -0.05) is 18.5 Å². The molecule has 1 aromatic heterocycles. The van der Waals surface area contributed by atoms with Gasteiger partial charge in [0, 0.05) is 36.6 Å². The van der Waals surface area contributed by atoms with Gasteiger partial charge in [-0.2, -0.15) is 0 Å². The van der Waals surface area contributed by atoms with Crippen LogP contribution in [0.5, 0.6) is 0 Å². The Morgan fingerprint density at radius 1 is 1.40 bits per heavy atom. The van der Waals surface area contributed by atoms with Gasteiger partial charge in [0.2, 0.25) is 0 Å². The highest BCUT2D eigenvalue weighted by atomic mass is 35.5. The first-order valence-corrected chi connectivity index (χ1v) is 8.67. The number of hydrogen-bond acceptors (Lipinski definition) is 4. The Morgan fingerprint density at radius 2 is 2.20 bits per heavy atom. The van der Waals surface area contributed by atoms with Gasteiger partial charge in [-0.05, 0) is 45.6 Å². The highest BCUT2D eigenvalue weighted by Gasteiger charge is 2.26. The van der Waals surface area contributed by atoms with Crippen LogP contribution in [0.15, 0.2) is 12.1 Å². The molecule has 1 aliphatic heterocycles. The van der Waals surface area contributed by atoms with E-state index in [9.17, 15) is 0 Å². The molecule has 0 spiro atoms. The van der Waals surface area contributed by atoms with Gasteiger partial charge in [0.05, 0.1) is 4.34 Å². The van der Waals surface area contributed by atoms with E-state index in [1.54, 1.807) is 11.3 Å². The lowest BCUT2D eigenvalue weighted by molar-refractivity contribution is 0.101. The third kappa shape index (κ3) is 4.43. The first kappa shape index (κ1) is 16.2. The van der Waals surface area contributed by atoms with Crippen molar-refractivity contribution in [2.24, 2.45) is 0 Å². The first-order valence-electron chi connectivity index (χ1n) is 7.47. The molecule has 0 aromatic carbocycles. The van der Waals surface area contributed by atoms with Crippen LogP contribution in [-0.4, -0.2) is 56.1 Å². The molecule has 0 aliphatic carbocycles. The number of likely N-dealkylation sites (N-methyl/N-ethyl adjacent to an activating group) is 2. The molecule has 1 saturated heterocycles. The molecule has 0 saturated carbocycles. The molecular weight excluding hydrogens is 290 g/mol. The predicted octanol–water partition coefficient (Wildman–Crippen LogP) is 3.08. The molecule has 2 heterocycles. The minimum Gasteiger partial charge on any atom is -0.309 e. The monoisotopic (exact) mass is 315 g/mol. The summed E-state index contributed by atoms with van der Waals surface area (Å²) in [7, 11) is 4.46. The number of hydrogen-bond donors (Lipinski definition) is 1. The van der Waals surface area contributed by atoms with Crippen molar-refractivity contribution in [3.8, 4) is 0 Å². The van der Waals surface area contributed by atoms with Crippen LogP contribution in [0.4, 0.5) is 0 Å². The highest BCUT2D eigenvalue weighted by molar-refractivity contribution is 7.16. The number of nitrogens with zero attached hydrogens (tertiary/aromatic N) is 2. The Hall–Kier alpha value is -0.130. The van der Waals surface area contributed by atoms with Gasteiger partial charge in [0.25, 0.3) is 0 Å². The minimum absolute atomic E-state index is 0.423. The van der Waals surface area contributed by atoms with Gasteiger partial charge in [-0.15, -0.1) is 11.3 Å². The molecule has 0 amide bonds. The van der Waals surface area contributed by atoms with Crippen molar-refractivity contribution in [2.45, 2.75) is 31.8 Å². The van der Waals surface area contributed by atoms with Crippen LogP contribution in [0.1, 0.15) is 30.7 Å². The molecule has 1 N–H and O–H groups in total. The molecule has 114 valence electrons. The normalized spacial score (nSPS) is 23.1. The quantitative estimate of drug-likeness (QED) is 0.870. The van der Waals surface area contributed by atoms with Crippen LogP contribution >= 0.6 is 22.9 Å². The maximum absolute atomic E-state index is 6.11. The summed E-state index contributed by atoms with van der Waals surface area (Å²) in [5.74, 6) is 0. The molecule has 2 unspecified atom stereocenters. The maximum atomic E-state index is 6.11. The summed E-state index contributed by atoms with van der Waals surface area (Å²) in [5, 5.41) is 3.69. The summed E-state index contributed by atoms with van der Waals surface area (Å²) >= 11 is 7.81. The molecule has 20 heavy (non-hydrogen) atoms. The molecule has 1 aromatic rings. The second kappa shape index (κ2) is 7.76. The van der Waals surface area contributed by atoms with Crippen molar-refractivity contribution in [3.05, 3.63) is 21.3 Å². The van der Waals surface area contributed by atoms with Gasteiger partial charge >= 0.3 is 0 Å². The third-order valence-electron chi connectivity index (χ3n) is 4.07. The molecule has 5 heteroatoms. The average Bonchev–Trinajstić information content (AvgIpc) is 2.85. The standard InChI is InChI=1S/C15H26ClN3S/c1-4-7-17-13(14-5-6-15(16)20-14)10-12-11-18(2)8-9-19(12)3/h5-6,12-13,17H,4,7-11H2,1-3H3. The van der Waals surface area contributed by atoms with Crippen molar-refractivity contribution < 1.29 is 0 Å². The van der Waals surface area contributed by atoms with E-state index in [0.29, 0.717) is 12.1 Å². The van der Waals surface area contributed by atoms with Crippen LogP contribution in [0.3, 0.4) is 0 Å². The van der Waals surface area contributed by atoms with Crippen molar-refractivity contribution in [1.29, 1.82) is 0 Å². The predicted molar refractivity (Wildman–Crippen MR) is 88.9 cm³/mol. The second-order valence-corrected chi connectivity index (χ2v) is 7.53. The van der Waals surface area contributed by atoms with E-state index in [4.69, 9.17) is 11.6 Å². The number of rotatable bonds is 6. The second-order valence-electron chi connectivity index (χ2n) is 5.78. The van der Waals surface area contributed by atoms with Gasteiger partial charge in [0.1, 0.15) is 0 Å². The molecule has 2 atom stereocenters. The van der Waals surface area contributed by atoms with Gasteiger partial charge in [-0.3, -0.25) is 0 Å². The van der Waals surface area contributed by atoms with E-state index in [1.807, 2.05) is 6.07 Å². The molecular formula is C15H26ClN3S. The van der Waals surface area contributed by atoms with Crippen LogP contribution in [0, 0.1) is 0 Å². The fourth-order valence-electron chi connectivity index (χ4n) is 2.76. The number of thiophene rings is 1. The summed E-state index contributed by atoms with van der Waals surface area (Å²) in [6.07, 6.45) is 2.31. The maximum Gasteiger partial charge on any atom is 0.0931 e. The van der Waals surface area contributed by atoms with E-state index < -0.39 is 0 Å². The largest absolute Gasteiger partial charge is 0.309 e. The highest BCUT2D eigenvalue weighted by Crippen LogP contribution is 2.30. The van der Waals surface area contributed by atoms with Crippen molar-refractivity contribution in [2.75, 3.05) is 40.3 Å². The topological polar surface area (TPSA) is 18.5 Å². The van der Waals surface area contributed by atoms with Gasteiger partial charge < -0.3 is 15.1 Å². The summed E-state index contributed by atoms with van der Waals surface area (Å²) < 4.78 is 0.886. The fourth-order valence-corrected chi connectivity index (χ4v) is 3.91. The third-order valence-corrected chi connectivity index (χ3v) is 5.41. The zero-order valence-corrected chi connectivity index (χ0v) is 14.3. The van der Waals surface area contributed by atoms with Crippen LogP contribution in [0.2, 0.25) is 4.34 Å². The van der Waals surface area contributed by atoms with Gasteiger partial charge in [-0.25, -0.2) is 0 Å².